The molecule has 0 atom stereocenters. The van der Waals surface area contributed by atoms with E-state index < -0.39 is 5.97 Å². The molecule has 0 amide bonds. The van der Waals surface area contributed by atoms with Crippen LogP contribution in [0.3, 0.4) is 0 Å². The summed E-state index contributed by atoms with van der Waals surface area (Å²) in [6, 6.07) is 1.52. The van der Waals surface area contributed by atoms with Gasteiger partial charge in [-0.1, -0.05) is 11.3 Å². The van der Waals surface area contributed by atoms with E-state index >= 15 is 0 Å². The topological polar surface area (TPSA) is 94.2 Å². The molecule has 0 unspecified atom stereocenters. The van der Waals surface area contributed by atoms with Gasteiger partial charge in [0.25, 0.3) is 0 Å². The quantitative estimate of drug-likeness (QED) is 0.849. The number of esters is 1. The summed E-state index contributed by atoms with van der Waals surface area (Å²) in [5.74, 6) is -0.488. The van der Waals surface area contributed by atoms with Crippen LogP contribution in [0, 0.1) is 0 Å². The molecule has 2 N–H and O–H groups in total. The number of nitrogen functional groups attached to an aromatic ring is 1. The maximum Gasteiger partial charge on any atom is 0.340 e. The highest BCUT2D eigenvalue weighted by Crippen LogP contribution is 2.35. The Morgan fingerprint density at radius 1 is 1.45 bits per heavy atom. The lowest BCUT2D eigenvalue weighted by molar-refractivity contribution is 0.0601. The SMILES string of the molecule is COC(=O)c1ccnc(Sc2nnc(N(C)C)s2)c1N. The van der Waals surface area contributed by atoms with Crippen molar-refractivity contribution in [3.05, 3.63) is 17.8 Å². The van der Waals surface area contributed by atoms with Gasteiger partial charge in [0.15, 0.2) is 4.34 Å². The monoisotopic (exact) mass is 311 g/mol. The Morgan fingerprint density at radius 3 is 2.80 bits per heavy atom. The number of rotatable bonds is 4. The van der Waals surface area contributed by atoms with Crippen molar-refractivity contribution < 1.29 is 9.53 Å². The number of anilines is 2. The van der Waals surface area contributed by atoms with Crippen LogP contribution in [0.1, 0.15) is 10.4 Å². The number of pyridine rings is 1. The summed E-state index contributed by atoms with van der Waals surface area (Å²) in [6.45, 7) is 0. The molecule has 20 heavy (non-hydrogen) atoms. The van der Waals surface area contributed by atoms with Crippen molar-refractivity contribution in [3.63, 3.8) is 0 Å². The first-order valence-electron chi connectivity index (χ1n) is 5.54. The molecule has 9 heteroatoms. The minimum Gasteiger partial charge on any atom is -0.465 e. The fraction of sp³-hybridized carbons (Fsp3) is 0.273. The maximum absolute atomic E-state index is 11.6. The summed E-state index contributed by atoms with van der Waals surface area (Å²) in [5.41, 5.74) is 6.51. The van der Waals surface area contributed by atoms with Gasteiger partial charge in [-0.2, -0.15) is 0 Å². The highest BCUT2D eigenvalue weighted by Gasteiger charge is 2.16. The molecule has 2 aromatic heterocycles. The Morgan fingerprint density at radius 2 is 2.20 bits per heavy atom. The number of carbonyl (C=O) groups is 1. The third-order valence-electron chi connectivity index (χ3n) is 2.32. The minimum absolute atomic E-state index is 0.283. The average molecular weight is 311 g/mol. The van der Waals surface area contributed by atoms with Gasteiger partial charge < -0.3 is 15.4 Å². The van der Waals surface area contributed by atoms with E-state index in [0.29, 0.717) is 14.9 Å². The molecule has 7 nitrogen and oxygen atoms in total. The molecule has 0 fully saturated rings. The number of aromatic nitrogens is 3. The second-order valence-corrected chi connectivity index (χ2v) is 6.11. The number of hydrogen-bond acceptors (Lipinski definition) is 9. The molecule has 106 valence electrons. The first-order chi connectivity index (χ1) is 9.52. The van der Waals surface area contributed by atoms with Crippen molar-refractivity contribution in [1.82, 2.24) is 15.2 Å². The van der Waals surface area contributed by atoms with Crippen LogP contribution in [0.4, 0.5) is 10.8 Å². The normalized spacial score (nSPS) is 10.3. The third kappa shape index (κ3) is 2.99. The number of hydrogen-bond donors (Lipinski definition) is 1. The molecule has 0 aliphatic heterocycles. The highest BCUT2D eigenvalue weighted by atomic mass is 32.2. The molecule has 0 spiro atoms. The van der Waals surface area contributed by atoms with Gasteiger partial charge in [-0.15, -0.1) is 10.2 Å². The van der Waals surface area contributed by atoms with Crippen molar-refractivity contribution >= 4 is 39.9 Å². The van der Waals surface area contributed by atoms with Crippen LogP contribution in [0.5, 0.6) is 0 Å². The zero-order valence-electron chi connectivity index (χ0n) is 11.2. The third-order valence-corrected chi connectivity index (χ3v) is 4.48. The Bertz CT molecular complexity index is 629. The molecule has 2 aromatic rings. The first kappa shape index (κ1) is 14.5. The van der Waals surface area contributed by atoms with Gasteiger partial charge in [0, 0.05) is 20.3 Å². The standard InChI is InChI=1S/C11H13N5O2S2/c1-16(2)10-14-15-11(20-10)19-8-7(12)6(4-5-13-8)9(17)18-3/h4-5H,12H2,1-3H3. The molecule has 0 bridgehead atoms. The predicted octanol–water partition coefficient (Wildman–Crippen LogP) is 1.52. The van der Waals surface area contributed by atoms with E-state index in [1.807, 2.05) is 19.0 Å². The Kier molecular flexibility index (Phi) is 4.40. The summed E-state index contributed by atoms with van der Waals surface area (Å²) in [5, 5.41) is 9.37. The lowest BCUT2D eigenvalue weighted by atomic mass is 10.2. The Labute approximate surface area is 124 Å². The van der Waals surface area contributed by atoms with E-state index in [9.17, 15) is 4.79 Å². The zero-order valence-corrected chi connectivity index (χ0v) is 12.8. The van der Waals surface area contributed by atoms with Crippen LogP contribution in [-0.2, 0) is 4.74 Å². The fourth-order valence-corrected chi connectivity index (χ4v) is 3.04. The maximum atomic E-state index is 11.6. The van der Waals surface area contributed by atoms with Crippen molar-refractivity contribution in [2.24, 2.45) is 0 Å². The summed E-state index contributed by atoms with van der Waals surface area (Å²) in [6.07, 6.45) is 1.51. The molecule has 2 heterocycles. The van der Waals surface area contributed by atoms with Gasteiger partial charge >= 0.3 is 5.97 Å². The highest BCUT2D eigenvalue weighted by molar-refractivity contribution is 8.01. The van der Waals surface area contributed by atoms with Crippen LogP contribution in [0.2, 0.25) is 0 Å². The first-order valence-corrected chi connectivity index (χ1v) is 7.17. The number of nitrogens with two attached hydrogens (primary N) is 1. The largest absolute Gasteiger partial charge is 0.465 e. The molecule has 0 radical (unpaired) electrons. The minimum atomic E-state index is -0.488. The van der Waals surface area contributed by atoms with Crippen LogP contribution >= 0.6 is 23.1 Å². The van der Waals surface area contributed by atoms with Gasteiger partial charge in [0.05, 0.1) is 18.4 Å². The van der Waals surface area contributed by atoms with E-state index in [4.69, 9.17) is 5.73 Å². The van der Waals surface area contributed by atoms with Gasteiger partial charge in [0.1, 0.15) is 5.03 Å². The number of ether oxygens (including phenoxy) is 1. The Hall–Kier alpha value is -1.87. The van der Waals surface area contributed by atoms with Crippen LogP contribution < -0.4 is 10.6 Å². The van der Waals surface area contributed by atoms with Crippen molar-refractivity contribution in [3.8, 4) is 0 Å². The summed E-state index contributed by atoms with van der Waals surface area (Å²) >= 11 is 2.69. The molecular weight excluding hydrogens is 298 g/mol. The lowest BCUT2D eigenvalue weighted by Gasteiger charge is -2.06. The van der Waals surface area contributed by atoms with E-state index in [2.05, 4.69) is 19.9 Å². The van der Waals surface area contributed by atoms with Gasteiger partial charge in [-0.25, -0.2) is 9.78 Å². The summed E-state index contributed by atoms with van der Waals surface area (Å²) in [4.78, 5) is 17.6. The zero-order chi connectivity index (χ0) is 14.7. The fourth-order valence-electron chi connectivity index (χ4n) is 1.33. The van der Waals surface area contributed by atoms with Crippen molar-refractivity contribution in [2.75, 3.05) is 31.8 Å². The molecule has 0 saturated heterocycles. The Balaban J connectivity index is 2.27. The summed E-state index contributed by atoms with van der Waals surface area (Å²) < 4.78 is 5.37. The van der Waals surface area contributed by atoms with E-state index in [1.54, 1.807) is 0 Å². The van der Waals surface area contributed by atoms with Gasteiger partial charge in [-0.3, -0.25) is 0 Å². The van der Waals surface area contributed by atoms with E-state index in [0.717, 1.165) is 5.13 Å². The van der Waals surface area contributed by atoms with Gasteiger partial charge in [-0.05, 0) is 17.8 Å². The summed E-state index contributed by atoms with van der Waals surface area (Å²) in [7, 11) is 5.09. The van der Waals surface area contributed by atoms with Crippen LogP contribution in [0.15, 0.2) is 21.6 Å². The molecule has 0 aromatic carbocycles. The van der Waals surface area contributed by atoms with Crippen molar-refractivity contribution in [2.45, 2.75) is 9.37 Å². The molecule has 2 rings (SSSR count). The number of methoxy groups -OCH3 is 1. The molecular formula is C11H13N5O2S2. The number of nitrogens with zero attached hydrogens (tertiary/aromatic N) is 4. The number of carbonyl (C=O) groups excluding carboxylic acids is 1. The van der Waals surface area contributed by atoms with Crippen LogP contribution in [0.25, 0.3) is 0 Å². The van der Waals surface area contributed by atoms with E-state index in [-0.39, 0.29) is 5.69 Å². The molecule has 0 aliphatic carbocycles. The predicted molar refractivity (Wildman–Crippen MR) is 78.3 cm³/mol. The lowest BCUT2D eigenvalue weighted by Crippen LogP contribution is -2.07. The van der Waals surface area contributed by atoms with E-state index in [1.165, 1.54) is 42.5 Å². The molecule has 0 saturated carbocycles. The average Bonchev–Trinajstić information content (AvgIpc) is 2.89. The van der Waals surface area contributed by atoms with Crippen LogP contribution in [-0.4, -0.2) is 42.4 Å². The molecule has 0 aliphatic rings. The second kappa shape index (κ2) is 6.06. The second-order valence-electron chi connectivity index (χ2n) is 3.92. The van der Waals surface area contributed by atoms with Crippen molar-refractivity contribution in [1.29, 1.82) is 0 Å². The van der Waals surface area contributed by atoms with Gasteiger partial charge in [0.2, 0.25) is 5.13 Å². The smallest absolute Gasteiger partial charge is 0.340 e.